The van der Waals surface area contributed by atoms with Crippen molar-refractivity contribution in [1.29, 1.82) is 0 Å². The molecule has 6 nitrogen and oxygen atoms in total. The molecule has 2 aliphatic heterocycles. The quantitative estimate of drug-likeness (QED) is 0.834. The monoisotopic (exact) mass is 283 g/mol. The Morgan fingerprint density at radius 3 is 2.20 bits per heavy atom. The maximum absolute atomic E-state index is 12.0. The second-order valence-corrected chi connectivity index (χ2v) is 5.38. The molecule has 0 atom stereocenters. The molecule has 0 bridgehead atoms. The second-order valence-electron chi connectivity index (χ2n) is 5.38. The van der Waals surface area contributed by atoms with Gasteiger partial charge in [0.15, 0.2) is 0 Å². The Balaban J connectivity index is 1.64. The molecule has 3 amide bonds. The van der Waals surface area contributed by atoms with Crippen molar-refractivity contribution in [3.05, 3.63) is 0 Å². The predicted octanol–water partition coefficient (Wildman–Crippen LogP) is 0.821. The maximum atomic E-state index is 12.0. The lowest BCUT2D eigenvalue weighted by Gasteiger charge is -2.27. The lowest BCUT2D eigenvalue weighted by molar-refractivity contribution is -0.135. The summed E-state index contributed by atoms with van der Waals surface area (Å²) in [5, 5.41) is 2.86. The Morgan fingerprint density at radius 1 is 0.900 bits per heavy atom. The lowest BCUT2D eigenvalue weighted by Crippen LogP contribution is -2.44. The summed E-state index contributed by atoms with van der Waals surface area (Å²) in [6.07, 6.45) is 4.96. The highest BCUT2D eigenvalue weighted by atomic mass is 16.5. The highest BCUT2D eigenvalue weighted by molar-refractivity contribution is 5.78. The molecule has 0 saturated carbocycles. The van der Waals surface area contributed by atoms with E-state index in [2.05, 4.69) is 5.32 Å². The van der Waals surface area contributed by atoms with Crippen molar-refractivity contribution in [2.24, 2.45) is 0 Å². The van der Waals surface area contributed by atoms with Crippen molar-refractivity contribution in [3.63, 3.8) is 0 Å². The number of carbonyl (C=O) groups is 2. The summed E-state index contributed by atoms with van der Waals surface area (Å²) >= 11 is 0. The number of rotatable bonds is 3. The molecule has 114 valence electrons. The summed E-state index contributed by atoms with van der Waals surface area (Å²) in [4.78, 5) is 27.6. The van der Waals surface area contributed by atoms with Gasteiger partial charge in [0.05, 0.1) is 13.2 Å². The molecule has 2 aliphatic rings. The van der Waals surface area contributed by atoms with Crippen molar-refractivity contribution in [1.82, 2.24) is 15.1 Å². The standard InChI is InChI=1S/C14H25N3O3/c18-13(16-9-11-20-12-10-16)5-6-15-14(19)17-7-3-1-2-4-8-17/h1-12H2,(H,15,19). The molecule has 2 rings (SSSR count). The van der Waals surface area contributed by atoms with Crippen LogP contribution < -0.4 is 5.32 Å². The summed E-state index contributed by atoms with van der Waals surface area (Å²) in [5.74, 6) is 0.101. The molecule has 2 fully saturated rings. The number of carbonyl (C=O) groups excluding carboxylic acids is 2. The van der Waals surface area contributed by atoms with Crippen molar-refractivity contribution in [3.8, 4) is 0 Å². The van der Waals surface area contributed by atoms with Gasteiger partial charge in [-0.2, -0.15) is 0 Å². The number of ether oxygens (including phenoxy) is 1. The van der Waals surface area contributed by atoms with Gasteiger partial charge in [-0.15, -0.1) is 0 Å². The van der Waals surface area contributed by atoms with Gasteiger partial charge < -0.3 is 19.9 Å². The van der Waals surface area contributed by atoms with Gasteiger partial charge >= 0.3 is 6.03 Å². The van der Waals surface area contributed by atoms with Gasteiger partial charge in [-0.1, -0.05) is 12.8 Å². The Bertz CT molecular complexity index is 322. The highest BCUT2D eigenvalue weighted by Crippen LogP contribution is 2.09. The molecular formula is C14H25N3O3. The number of nitrogens with one attached hydrogen (secondary N) is 1. The molecule has 0 aromatic heterocycles. The van der Waals surface area contributed by atoms with Crippen LogP contribution in [0.15, 0.2) is 0 Å². The molecule has 0 aliphatic carbocycles. The van der Waals surface area contributed by atoms with E-state index in [1.54, 1.807) is 0 Å². The van der Waals surface area contributed by atoms with E-state index in [0.29, 0.717) is 39.3 Å². The zero-order valence-corrected chi connectivity index (χ0v) is 12.1. The largest absolute Gasteiger partial charge is 0.378 e. The van der Waals surface area contributed by atoms with Gasteiger partial charge in [0.25, 0.3) is 0 Å². The van der Waals surface area contributed by atoms with Crippen LogP contribution in [-0.2, 0) is 9.53 Å². The average molecular weight is 283 g/mol. The summed E-state index contributed by atoms with van der Waals surface area (Å²) in [6.45, 7) is 4.66. The fourth-order valence-electron chi connectivity index (χ4n) is 2.63. The van der Waals surface area contributed by atoms with Gasteiger partial charge in [0.2, 0.25) is 5.91 Å². The number of nitrogens with zero attached hydrogens (tertiary/aromatic N) is 2. The molecule has 0 unspecified atom stereocenters. The summed E-state index contributed by atoms with van der Waals surface area (Å²) in [5.41, 5.74) is 0. The third-order valence-electron chi connectivity index (χ3n) is 3.87. The molecular weight excluding hydrogens is 258 g/mol. The molecule has 6 heteroatoms. The van der Waals surface area contributed by atoms with Crippen LogP contribution in [0, 0.1) is 0 Å². The van der Waals surface area contributed by atoms with E-state index in [9.17, 15) is 9.59 Å². The van der Waals surface area contributed by atoms with E-state index in [-0.39, 0.29) is 11.9 Å². The van der Waals surface area contributed by atoms with Crippen LogP contribution in [0.4, 0.5) is 4.79 Å². The van der Waals surface area contributed by atoms with E-state index in [1.165, 1.54) is 12.8 Å². The van der Waals surface area contributed by atoms with Crippen LogP contribution in [0.3, 0.4) is 0 Å². The van der Waals surface area contributed by atoms with E-state index >= 15 is 0 Å². The molecule has 20 heavy (non-hydrogen) atoms. The van der Waals surface area contributed by atoms with Crippen molar-refractivity contribution in [2.75, 3.05) is 45.9 Å². The van der Waals surface area contributed by atoms with Gasteiger partial charge in [0.1, 0.15) is 0 Å². The molecule has 1 N–H and O–H groups in total. The zero-order valence-electron chi connectivity index (χ0n) is 12.1. The van der Waals surface area contributed by atoms with E-state index in [4.69, 9.17) is 4.74 Å². The van der Waals surface area contributed by atoms with Gasteiger partial charge in [0, 0.05) is 39.1 Å². The predicted molar refractivity (Wildman–Crippen MR) is 75.5 cm³/mol. The van der Waals surface area contributed by atoms with E-state index < -0.39 is 0 Å². The molecule has 0 aromatic rings. The smallest absolute Gasteiger partial charge is 0.317 e. The molecule has 0 spiro atoms. The first-order valence-electron chi connectivity index (χ1n) is 7.65. The third-order valence-corrected chi connectivity index (χ3v) is 3.87. The van der Waals surface area contributed by atoms with Crippen molar-refractivity contribution >= 4 is 11.9 Å². The van der Waals surface area contributed by atoms with Crippen LogP contribution in [-0.4, -0.2) is 67.7 Å². The first-order chi connectivity index (χ1) is 9.77. The van der Waals surface area contributed by atoms with Crippen LogP contribution in [0.5, 0.6) is 0 Å². The summed E-state index contributed by atoms with van der Waals surface area (Å²) in [7, 11) is 0. The molecule has 2 saturated heterocycles. The summed E-state index contributed by atoms with van der Waals surface area (Å²) < 4.78 is 5.21. The number of morpholine rings is 1. The normalized spacial score (nSPS) is 20.4. The minimum atomic E-state index is -0.0262. The van der Waals surface area contributed by atoms with Gasteiger partial charge in [-0.25, -0.2) is 4.79 Å². The molecule has 2 heterocycles. The fraction of sp³-hybridized carbons (Fsp3) is 0.857. The van der Waals surface area contributed by atoms with E-state index in [1.807, 2.05) is 9.80 Å². The maximum Gasteiger partial charge on any atom is 0.317 e. The molecule has 0 radical (unpaired) electrons. The Hall–Kier alpha value is -1.30. The molecule has 0 aromatic carbocycles. The first kappa shape index (κ1) is 15.1. The van der Waals surface area contributed by atoms with Crippen LogP contribution >= 0.6 is 0 Å². The fourth-order valence-corrected chi connectivity index (χ4v) is 2.63. The summed E-state index contributed by atoms with van der Waals surface area (Å²) in [6, 6.07) is -0.0262. The Labute approximate surface area is 120 Å². The highest BCUT2D eigenvalue weighted by Gasteiger charge is 2.18. The Kier molecular flexibility index (Phi) is 6.11. The van der Waals surface area contributed by atoms with Crippen LogP contribution in [0.1, 0.15) is 32.1 Å². The van der Waals surface area contributed by atoms with E-state index in [0.717, 1.165) is 25.9 Å². The third kappa shape index (κ3) is 4.67. The lowest BCUT2D eigenvalue weighted by atomic mass is 10.2. The minimum absolute atomic E-state index is 0.0262. The number of hydrogen-bond acceptors (Lipinski definition) is 3. The van der Waals surface area contributed by atoms with Crippen LogP contribution in [0.25, 0.3) is 0 Å². The van der Waals surface area contributed by atoms with Gasteiger partial charge in [-0.3, -0.25) is 4.79 Å². The topological polar surface area (TPSA) is 61.9 Å². The number of urea groups is 1. The SMILES string of the molecule is O=C(CCNC(=O)N1CCCCCC1)N1CCOCC1. The second kappa shape index (κ2) is 8.09. The number of hydrogen-bond donors (Lipinski definition) is 1. The number of likely N-dealkylation sites (tertiary alicyclic amines) is 1. The Morgan fingerprint density at radius 2 is 1.55 bits per heavy atom. The first-order valence-corrected chi connectivity index (χ1v) is 7.65. The number of amides is 3. The van der Waals surface area contributed by atoms with Gasteiger partial charge in [-0.05, 0) is 12.8 Å². The van der Waals surface area contributed by atoms with Crippen molar-refractivity contribution < 1.29 is 14.3 Å². The average Bonchev–Trinajstić information content (AvgIpc) is 2.77. The zero-order chi connectivity index (χ0) is 14.2. The van der Waals surface area contributed by atoms with Crippen molar-refractivity contribution in [2.45, 2.75) is 32.1 Å². The minimum Gasteiger partial charge on any atom is -0.378 e. The van der Waals surface area contributed by atoms with Crippen LogP contribution in [0.2, 0.25) is 0 Å².